The molecule has 2 unspecified atom stereocenters. The summed E-state index contributed by atoms with van der Waals surface area (Å²) in [6, 6.07) is 10.3. The minimum atomic E-state index is -0.886. The monoisotopic (exact) mass is 534 g/mol. The molecule has 1 aliphatic heterocycles. The summed E-state index contributed by atoms with van der Waals surface area (Å²) >= 11 is 0. The van der Waals surface area contributed by atoms with Crippen LogP contribution in [-0.4, -0.2) is 64.7 Å². The van der Waals surface area contributed by atoms with Gasteiger partial charge in [-0.3, -0.25) is 14.0 Å². The number of nitrogens with one attached hydrogen (secondary N) is 2. The lowest BCUT2D eigenvalue weighted by molar-refractivity contribution is -0.127. The average molecular weight is 535 g/mol. The van der Waals surface area contributed by atoms with Crippen molar-refractivity contribution in [3.8, 4) is 0 Å². The van der Waals surface area contributed by atoms with Crippen LogP contribution in [0, 0.1) is 5.92 Å². The molecule has 29 heavy (non-hydrogen) atoms. The first-order chi connectivity index (χ1) is 13.3. The second-order valence-corrected chi connectivity index (χ2v) is 10.5. The Morgan fingerprint density at radius 3 is 2.55 bits per heavy atom. The first-order valence-corrected chi connectivity index (χ1v) is 11.3. The van der Waals surface area contributed by atoms with E-state index in [4.69, 9.17) is 0 Å². The fourth-order valence-electron chi connectivity index (χ4n) is 3.15. The minimum absolute atomic E-state index is 0. The summed E-state index contributed by atoms with van der Waals surface area (Å²) in [7, 11) is 0.838. The van der Waals surface area contributed by atoms with Gasteiger partial charge in [0.15, 0.2) is 5.96 Å². The fraction of sp³-hybridized carbons (Fsp3) is 0.619. The highest BCUT2D eigenvalue weighted by Crippen LogP contribution is 2.17. The second-order valence-electron chi connectivity index (χ2n) is 8.19. The molecule has 2 rings (SSSR count). The van der Waals surface area contributed by atoms with Crippen LogP contribution >= 0.6 is 24.0 Å². The number of aliphatic imine (C=N–C) groups is 1. The van der Waals surface area contributed by atoms with Crippen molar-refractivity contribution in [2.45, 2.75) is 38.4 Å². The third-order valence-corrected chi connectivity index (χ3v) is 6.79. The summed E-state index contributed by atoms with van der Waals surface area (Å²) in [5.74, 6) is 1.79. The predicted molar refractivity (Wildman–Crippen MR) is 132 cm³/mol. The van der Waals surface area contributed by atoms with Crippen LogP contribution in [0.25, 0.3) is 0 Å². The number of benzene rings is 1. The maximum atomic E-state index is 12.3. The summed E-state index contributed by atoms with van der Waals surface area (Å²) in [5, 5.41) is 6.51. The summed E-state index contributed by atoms with van der Waals surface area (Å²) in [4.78, 5) is 18.5. The molecule has 2 N–H and O–H groups in total. The van der Waals surface area contributed by atoms with Crippen molar-refractivity contribution in [2.24, 2.45) is 10.9 Å². The number of hydrogen-bond acceptors (Lipinski definition) is 3. The van der Waals surface area contributed by atoms with Gasteiger partial charge in [-0.05, 0) is 32.8 Å². The molecule has 1 aromatic carbocycles. The zero-order valence-electron chi connectivity index (χ0n) is 17.9. The smallest absolute Gasteiger partial charge is 0.223 e. The highest BCUT2D eigenvalue weighted by atomic mass is 127. The van der Waals surface area contributed by atoms with Crippen LogP contribution in [0.2, 0.25) is 0 Å². The zero-order chi connectivity index (χ0) is 20.6. The van der Waals surface area contributed by atoms with Gasteiger partial charge in [-0.1, -0.05) is 30.3 Å². The van der Waals surface area contributed by atoms with Crippen LogP contribution < -0.4 is 10.6 Å². The van der Waals surface area contributed by atoms with Crippen molar-refractivity contribution in [3.05, 3.63) is 35.9 Å². The molecule has 2 atom stereocenters. The standard InChI is InChI=1S/C21H34N4O2S.HI/c1-21(2,3)28(27)13-11-23-20(22-4)24-15-18-14-19(26)25(16-18)12-10-17-8-6-5-7-9-17;/h5-9,18H,10-16H2,1-4H3,(H2,22,23,24);1H. The van der Waals surface area contributed by atoms with Crippen molar-refractivity contribution < 1.29 is 9.00 Å². The lowest BCUT2D eigenvalue weighted by atomic mass is 10.1. The Hall–Kier alpha value is -1.16. The van der Waals surface area contributed by atoms with Gasteiger partial charge < -0.3 is 15.5 Å². The van der Waals surface area contributed by atoms with E-state index in [0.717, 1.165) is 19.5 Å². The van der Waals surface area contributed by atoms with Crippen LogP contribution in [0.5, 0.6) is 0 Å². The van der Waals surface area contributed by atoms with Crippen LogP contribution in [0.3, 0.4) is 0 Å². The van der Waals surface area contributed by atoms with Gasteiger partial charge in [0.25, 0.3) is 0 Å². The first-order valence-electron chi connectivity index (χ1n) is 9.94. The summed E-state index contributed by atoms with van der Waals surface area (Å²) in [6.45, 7) is 8.81. The molecule has 0 bridgehead atoms. The van der Waals surface area contributed by atoms with Crippen molar-refractivity contribution >= 4 is 46.6 Å². The molecule has 8 heteroatoms. The van der Waals surface area contributed by atoms with Gasteiger partial charge in [-0.2, -0.15) is 0 Å². The van der Waals surface area contributed by atoms with Gasteiger partial charge in [-0.15, -0.1) is 24.0 Å². The van der Waals surface area contributed by atoms with Gasteiger partial charge in [0, 0.05) is 66.9 Å². The van der Waals surface area contributed by atoms with E-state index >= 15 is 0 Å². The Morgan fingerprint density at radius 2 is 1.93 bits per heavy atom. The van der Waals surface area contributed by atoms with E-state index in [9.17, 15) is 9.00 Å². The Morgan fingerprint density at radius 1 is 1.24 bits per heavy atom. The fourth-order valence-corrected chi connectivity index (χ4v) is 4.05. The molecule has 0 saturated carbocycles. The van der Waals surface area contributed by atoms with Crippen LogP contribution in [0.15, 0.2) is 35.3 Å². The third-order valence-electron chi connectivity index (χ3n) is 4.85. The number of rotatable bonds is 8. The summed E-state index contributed by atoms with van der Waals surface area (Å²) in [5.41, 5.74) is 1.26. The minimum Gasteiger partial charge on any atom is -0.356 e. The third kappa shape index (κ3) is 9.02. The molecular weight excluding hydrogens is 499 g/mol. The molecule has 0 radical (unpaired) electrons. The summed E-state index contributed by atoms with van der Waals surface area (Å²) < 4.78 is 11.9. The number of carbonyl (C=O) groups is 1. The molecule has 6 nitrogen and oxygen atoms in total. The van der Waals surface area contributed by atoms with Gasteiger partial charge in [0.1, 0.15) is 0 Å². The van der Waals surface area contributed by atoms with Crippen molar-refractivity contribution in [1.82, 2.24) is 15.5 Å². The van der Waals surface area contributed by atoms with Gasteiger partial charge in [0.05, 0.1) is 0 Å². The molecule has 0 spiro atoms. The Bertz CT molecular complexity index is 692. The molecule has 0 aliphatic carbocycles. The topological polar surface area (TPSA) is 73.8 Å². The molecule has 164 valence electrons. The molecule has 0 aromatic heterocycles. The second kappa shape index (κ2) is 12.5. The highest BCUT2D eigenvalue weighted by molar-refractivity contribution is 14.0. The Labute approximate surface area is 194 Å². The molecule has 1 amide bonds. The SMILES string of the molecule is CN=C(NCCS(=O)C(C)(C)C)NCC1CC(=O)N(CCc2ccccc2)C1.I. The molecule has 1 saturated heterocycles. The van der Waals surface area contributed by atoms with Crippen LogP contribution in [-0.2, 0) is 22.0 Å². The quantitative estimate of drug-likeness (QED) is 0.305. The van der Waals surface area contributed by atoms with E-state index < -0.39 is 10.8 Å². The van der Waals surface area contributed by atoms with Crippen LogP contribution in [0.4, 0.5) is 0 Å². The van der Waals surface area contributed by atoms with Crippen molar-refractivity contribution in [3.63, 3.8) is 0 Å². The van der Waals surface area contributed by atoms with Gasteiger partial charge in [-0.25, -0.2) is 0 Å². The van der Waals surface area contributed by atoms with E-state index in [-0.39, 0.29) is 40.5 Å². The first kappa shape index (κ1) is 25.9. The predicted octanol–water partition coefficient (Wildman–Crippen LogP) is 2.41. The zero-order valence-corrected chi connectivity index (χ0v) is 21.1. The number of hydrogen-bond donors (Lipinski definition) is 2. The largest absolute Gasteiger partial charge is 0.356 e. The number of likely N-dealkylation sites (tertiary alicyclic amines) is 1. The number of carbonyl (C=O) groups excluding carboxylic acids is 1. The molecule has 1 heterocycles. The van der Waals surface area contributed by atoms with E-state index in [1.165, 1.54) is 5.56 Å². The molecule has 1 aliphatic rings. The Balaban J connectivity index is 0.00000420. The van der Waals surface area contributed by atoms with Crippen molar-refractivity contribution in [1.29, 1.82) is 0 Å². The number of nitrogens with zero attached hydrogens (tertiary/aromatic N) is 2. The van der Waals surface area contributed by atoms with E-state index in [1.54, 1.807) is 7.05 Å². The summed E-state index contributed by atoms with van der Waals surface area (Å²) in [6.07, 6.45) is 1.47. The van der Waals surface area contributed by atoms with Crippen LogP contribution in [0.1, 0.15) is 32.8 Å². The number of guanidine groups is 1. The van der Waals surface area contributed by atoms with Gasteiger partial charge >= 0.3 is 0 Å². The van der Waals surface area contributed by atoms with Crippen molar-refractivity contribution in [2.75, 3.05) is 39.0 Å². The molecule has 1 aromatic rings. The molecule has 1 fully saturated rings. The average Bonchev–Trinajstić information content (AvgIpc) is 3.02. The number of amides is 1. The molecular formula is C21H35IN4O2S. The highest BCUT2D eigenvalue weighted by Gasteiger charge is 2.29. The lowest BCUT2D eigenvalue weighted by Crippen LogP contribution is -2.42. The van der Waals surface area contributed by atoms with E-state index in [0.29, 0.717) is 31.2 Å². The number of halogens is 1. The normalized spacial score (nSPS) is 18.3. The maximum absolute atomic E-state index is 12.3. The van der Waals surface area contributed by atoms with E-state index in [2.05, 4.69) is 27.8 Å². The Kier molecular flexibility index (Phi) is 11.2. The van der Waals surface area contributed by atoms with Gasteiger partial charge in [0.2, 0.25) is 5.91 Å². The lowest BCUT2D eigenvalue weighted by Gasteiger charge is -2.19. The maximum Gasteiger partial charge on any atom is 0.223 e. The van der Waals surface area contributed by atoms with E-state index in [1.807, 2.05) is 43.9 Å².